The van der Waals surface area contributed by atoms with E-state index in [1.807, 2.05) is 0 Å². The highest BCUT2D eigenvalue weighted by Gasteiger charge is 2.23. The predicted octanol–water partition coefficient (Wildman–Crippen LogP) is 2.67. The van der Waals surface area contributed by atoms with Crippen molar-refractivity contribution in [2.24, 2.45) is 0 Å². The molecule has 1 amide bonds. The molecule has 0 spiro atoms. The normalized spacial score (nSPS) is 12.2. The molecule has 2 aromatic carbocycles. The third-order valence-electron chi connectivity index (χ3n) is 3.83. The Morgan fingerprint density at radius 1 is 1.00 bits per heavy atom. The first-order chi connectivity index (χ1) is 13.2. The fourth-order valence-electron chi connectivity index (χ4n) is 2.31. The predicted molar refractivity (Wildman–Crippen MR) is 106 cm³/mol. The highest BCUT2D eigenvalue weighted by Crippen LogP contribution is 2.35. The Morgan fingerprint density at radius 2 is 1.61 bits per heavy atom. The molecule has 1 atom stereocenters. The van der Waals surface area contributed by atoms with Crippen LogP contribution in [0.3, 0.4) is 0 Å². The smallest absolute Gasteiger partial charge is 0.242 e. The van der Waals surface area contributed by atoms with Gasteiger partial charge in [-0.1, -0.05) is 11.6 Å². The summed E-state index contributed by atoms with van der Waals surface area (Å²) in [6, 6.07) is 7.73. The SMILES string of the molecule is COc1ccc(S(=O)(=O)N[C@H](C)C(=O)Nc2cc(OC)c(Cl)cc2OC)cc1. The van der Waals surface area contributed by atoms with Gasteiger partial charge < -0.3 is 19.5 Å². The highest BCUT2D eigenvalue weighted by atomic mass is 35.5. The average molecular weight is 429 g/mol. The summed E-state index contributed by atoms with van der Waals surface area (Å²) >= 11 is 6.04. The van der Waals surface area contributed by atoms with E-state index in [0.29, 0.717) is 28.0 Å². The van der Waals surface area contributed by atoms with Crippen LogP contribution in [-0.4, -0.2) is 41.7 Å². The summed E-state index contributed by atoms with van der Waals surface area (Å²) in [6.45, 7) is 1.43. The number of amides is 1. The molecule has 0 saturated heterocycles. The molecule has 2 aromatic rings. The van der Waals surface area contributed by atoms with E-state index in [-0.39, 0.29) is 4.90 Å². The summed E-state index contributed by atoms with van der Waals surface area (Å²) in [5.74, 6) is 0.585. The number of carbonyl (C=O) groups excluding carboxylic acids is 1. The number of hydrogen-bond donors (Lipinski definition) is 2. The molecule has 2 rings (SSSR count). The zero-order valence-corrected chi connectivity index (χ0v) is 17.3. The maximum atomic E-state index is 12.5. The van der Waals surface area contributed by atoms with Gasteiger partial charge in [-0.15, -0.1) is 0 Å². The first kappa shape index (κ1) is 21.8. The largest absolute Gasteiger partial charge is 0.497 e. The molecule has 0 unspecified atom stereocenters. The van der Waals surface area contributed by atoms with E-state index in [2.05, 4.69) is 10.0 Å². The van der Waals surface area contributed by atoms with Gasteiger partial charge in [-0.2, -0.15) is 4.72 Å². The molecule has 0 aliphatic heterocycles. The minimum Gasteiger partial charge on any atom is -0.497 e. The maximum absolute atomic E-state index is 12.5. The van der Waals surface area contributed by atoms with Crippen LogP contribution in [0, 0.1) is 0 Å². The number of benzene rings is 2. The van der Waals surface area contributed by atoms with Crippen LogP contribution in [0.5, 0.6) is 17.2 Å². The second-order valence-electron chi connectivity index (χ2n) is 5.69. The molecule has 0 aromatic heterocycles. The van der Waals surface area contributed by atoms with Gasteiger partial charge in [0.25, 0.3) is 0 Å². The topological polar surface area (TPSA) is 103 Å². The van der Waals surface area contributed by atoms with Gasteiger partial charge in [0, 0.05) is 12.1 Å². The third kappa shape index (κ3) is 5.06. The monoisotopic (exact) mass is 428 g/mol. The number of ether oxygens (including phenoxy) is 3. The first-order valence-electron chi connectivity index (χ1n) is 8.10. The van der Waals surface area contributed by atoms with Crippen molar-refractivity contribution in [2.75, 3.05) is 26.6 Å². The lowest BCUT2D eigenvalue weighted by atomic mass is 10.2. The summed E-state index contributed by atoms with van der Waals surface area (Å²) in [5, 5.41) is 2.92. The van der Waals surface area contributed by atoms with Gasteiger partial charge in [0.2, 0.25) is 15.9 Å². The van der Waals surface area contributed by atoms with Crippen molar-refractivity contribution in [3.63, 3.8) is 0 Å². The third-order valence-corrected chi connectivity index (χ3v) is 5.68. The van der Waals surface area contributed by atoms with Gasteiger partial charge in [-0.25, -0.2) is 8.42 Å². The average Bonchev–Trinajstić information content (AvgIpc) is 2.68. The minimum atomic E-state index is -3.90. The minimum absolute atomic E-state index is 0.0127. The lowest BCUT2D eigenvalue weighted by Gasteiger charge is -2.17. The Morgan fingerprint density at radius 3 is 2.14 bits per heavy atom. The molecule has 10 heteroatoms. The summed E-state index contributed by atoms with van der Waals surface area (Å²) in [5.41, 5.74) is 0.296. The summed E-state index contributed by atoms with van der Waals surface area (Å²) in [4.78, 5) is 12.5. The Bertz CT molecular complexity index is 947. The Kier molecular flexibility index (Phi) is 7.11. The van der Waals surface area contributed by atoms with Gasteiger partial charge >= 0.3 is 0 Å². The molecule has 0 bridgehead atoms. The van der Waals surface area contributed by atoms with Crippen molar-refractivity contribution < 1.29 is 27.4 Å². The Balaban J connectivity index is 2.16. The summed E-state index contributed by atoms with van der Waals surface area (Å²) in [6.07, 6.45) is 0. The number of methoxy groups -OCH3 is 3. The van der Waals surface area contributed by atoms with E-state index in [9.17, 15) is 13.2 Å². The molecule has 152 valence electrons. The van der Waals surface area contributed by atoms with Crippen molar-refractivity contribution in [3.05, 3.63) is 41.4 Å². The van der Waals surface area contributed by atoms with E-state index < -0.39 is 22.0 Å². The van der Waals surface area contributed by atoms with Crippen LogP contribution in [0.25, 0.3) is 0 Å². The lowest BCUT2D eigenvalue weighted by Crippen LogP contribution is -2.41. The maximum Gasteiger partial charge on any atom is 0.242 e. The van der Waals surface area contributed by atoms with E-state index in [4.69, 9.17) is 25.8 Å². The van der Waals surface area contributed by atoms with Crippen LogP contribution in [-0.2, 0) is 14.8 Å². The summed E-state index contributed by atoms with van der Waals surface area (Å²) in [7, 11) is 0.436. The number of halogens is 1. The number of rotatable bonds is 8. The Labute approximate surface area is 168 Å². The molecule has 0 aliphatic rings. The van der Waals surface area contributed by atoms with Crippen LogP contribution < -0.4 is 24.2 Å². The number of sulfonamides is 1. The molecule has 0 fully saturated rings. The number of anilines is 1. The number of carbonyl (C=O) groups is 1. The molecule has 0 saturated carbocycles. The van der Waals surface area contributed by atoms with Crippen LogP contribution >= 0.6 is 11.6 Å². The number of nitrogens with one attached hydrogen (secondary N) is 2. The molecule has 0 radical (unpaired) electrons. The van der Waals surface area contributed by atoms with E-state index in [0.717, 1.165) is 0 Å². The number of hydrogen-bond acceptors (Lipinski definition) is 6. The molecule has 0 aliphatic carbocycles. The fraction of sp³-hybridized carbons (Fsp3) is 0.278. The van der Waals surface area contributed by atoms with Gasteiger partial charge in [-0.05, 0) is 31.2 Å². The quantitative estimate of drug-likeness (QED) is 0.670. The van der Waals surface area contributed by atoms with Crippen molar-refractivity contribution >= 4 is 33.2 Å². The van der Waals surface area contributed by atoms with Crippen molar-refractivity contribution in [3.8, 4) is 17.2 Å². The van der Waals surface area contributed by atoms with Crippen molar-refractivity contribution in [1.82, 2.24) is 4.72 Å². The van der Waals surface area contributed by atoms with Crippen molar-refractivity contribution in [2.45, 2.75) is 17.9 Å². The zero-order valence-electron chi connectivity index (χ0n) is 15.8. The molecule has 28 heavy (non-hydrogen) atoms. The van der Waals surface area contributed by atoms with Crippen LogP contribution in [0.15, 0.2) is 41.3 Å². The van der Waals surface area contributed by atoms with E-state index >= 15 is 0 Å². The van der Waals surface area contributed by atoms with E-state index in [1.165, 1.54) is 64.7 Å². The van der Waals surface area contributed by atoms with Crippen molar-refractivity contribution in [1.29, 1.82) is 0 Å². The standard InChI is InChI=1S/C18H21ClN2O6S/c1-11(21-28(23,24)13-7-5-12(25-2)6-8-13)18(22)20-15-10-16(26-3)14(19)9-17(15)27-4/h5-11,21H,1-4H3,(H,20,22)/t11-/m1/s1. The summed E-state index contributed by atoms with van der Waals surface area (Å²) < 4.78 is 42.6. The molecule has 8 nitrogen and oxygen atoms in total. The second-order valence-corrected chi connectivity index (χ2v) is 7.82. The van der Waals surface area contributed by atoms with Gasteiger partial charge in [0.05, 0.1) is 43.0 Å². The van der Waals surface area contributed by atoms with E-state index in [1.54, 1.807) is 0 Å². The molecular formula is C18H21ClN2O6S. The fourth-order valence-corrected chi connectivity index (χ4v) is 3.74. The second kappa shape index (κ2) is 9.13. The van der Waals surface area contributed by atoms with Gasteiger partial charge in [0.1, 0.15) is 17.2 Å². The highest BCUT2D eigenvalue weighted by molar-refractivity contribution is 7.89. The van der Waals surface area contributed by atoms with Crippen LogP contribution in [0.4, 0.5) is 5.69 Å². The molecular weight excluding hydrogens is 408 g/mol. The zero-order chi connectivity index (χ0) is 20.9. The van der Waals surface area contributed by atoms with Gasteiger partial charge in [-0.3, -0.25) is 4.79 Å². The van der Waals surface area contributed by atoms with Gasteiger partial charge in [0.15, 0.2) is 0 Å². The first-order valence-corrected chi connectivity index (χ1v) is 9.96. The van der Waals surface area contributed by atoms with Crippen LogP contribution in [0.1, 0.15) is 6.92 Å². The molecule has 0 heterocycles. The van der Waals surface area contributed by atoms with Crippen LogP contribution in [0.2, 0.25) is 5.02 Å². The molecule has 2 N–H and O–H groups in total. The Hall–Kier alpha value is -2.49. The lowest BCUT2D eigenvalue weighted by molar-refractivity contribution is -0.117.